The van der Waals surface area contributed by atoms with Crippen LogP contribution in [0.2, 0.25) is 0 Å². The van der Waals surface area contributed by atoms with E-state index in [4.69, 9.17) is 0 Å². The van der Waals surface area contributed by atoms with Crippen LogP contribution in [0, 0.1) is 6.92 Å². The van der Waals surface area contributed by atoms with E-state index in [1.165, 1.54) is 11.8 Å². The molecule has 2 aromatic carbocycles. The van der Waals surface area contributed by atoms with Crippen molar-refractivity contribution < 1.29 is 4.79 Å². The lowest BCUT2D eigenvalue weighted by Gasteiger charge is -2.27. The summed E-state index contributed by atoms with van der Waals surface area (Å²) in [7, 11) is 0. The van der Waals surface area contributed by atoms with Crippen LogP contribution < -0.4 is 10.2 Å². The van der Waals surface area contributed by atoms with Crippen molar-refractivity contribution in [3.8, 4) is 17.1 Å². The fourth-order valence-corrected chi connectivity index (χ4v) is 4.73. The van der Waals surface area contributed by atoms with Crippen LogP contribution in [-0.2, 0) is 4.79 Å². The Morgan fingerprint density at radius 1 is 1.06 bits per heavy atom. The molecule has 4 aromatic rings. The van der Waals surface area contributed by atoms with Crippen LogP contribution >= 0.6 is 11.8 Å². The van der Waals surface area contributed by atoms with Gasteiger partial charge >= 0.3 is 0 Å². The molecule has 0 aliphatic heterocycles. The van der Waals surface area contributed by atoms with Gasteiger partial charge in [-0.25, -0.2) is 0 Å². The lowest BCUT2D eigenvalue weighted by atomic mass is 10.2. The second kappa shape index (κ2) is 11.2. The SMILES string of the molecule is CCN(c1ccc(NC(=O)CSc2nnc(-c3cccnc3)n2-c2ccccc2C)cc1)C(C)C. The molecule has 0 saturated heterocycles. The topological polar surface area (TPSA) is 75.9 Å². The van der Waals surface area contributed by atoms with Crippen LogP contribution in [0.5, 0.6) is 0 Å². The number of hydrogen-bond donors (Lipinski definition) is 1. The molecule has 0 aliphatic carbocycles. The number of hydrogen-bond acceptors (Lipinski definition) is 6. The van der Waals surface area contributed by atoms with Crippen LogP contribution in [0.4, 0.5) is 11.4 Å². The number of thioether (sulfide) groups is 1. The molecule has 0 fully saturated rings. The summed E-state index contributed by atoms with van der Waals surface area (Å²) in [6.45, 7) is 9.47. The van der Waals surface area contributed by atoms with Crippen molar-refractivity contribution in [3.05, 3.63) is 78.6 Å². The third-order valence-electron chi connectivity index (χ3n) is 5.69. The normalized spacial score (nSPS) is 11.0. The standard InChI is InChI=1S/C27H30N6OS/c1-5-32(19(2)3)23-14-12-22(13-15-23)29-25(34)18-35-27-31-30-26(21-10-8-16-28-17-21)33(27)24-11-7-6-9-20(24)4/h6-17,19H,5,18H2,1-4H3,(H,29,34). The molecule has 2 aromatic heterocycles. The quantitative estimate of drug-likeness (QED) is 0.310. The van der Waals surface area contributed by atoms with Gasteiger partial charge in [-0.15, -0.1) is 10.2 Å². The molecule has 180 valence electrons. The first-order valence-electron chi connectivity index (χ1n) is 11.7. The molecule has 0 saturated carbocycles. The minimum absolute atomic E-state index is 0.0961. The number of rotatable bonds is 9. The number of carbonyl (C=O) groups excluding carboxylic acids is 1. The Balaban J connectivity index is 1.50. The molecule has 4 rings (SSSR count). The average molecular weight is 487 g/mol. The molecule has 1 N–H and O–H groups in total. The Hall–Kier alpha value is -3.65. The van der Waals surface area contributed by atoms with Gasteiger partial charge in [-0.2, -0.15) is 0 Å². The zero-order valence-electron chi connectivity index (χ0n) is 20.5. The first-order valence-corrected chi connectivity index (χ1v) is 12.7. The number of benzene rings is 2. The average Bonchev–Trinajstić information content (AvgIpc) is 3.28. The number of aryl methyl sites for hydroxylation is 1. The first-order chi connectivity index (χ1) is 17.0. The molecule has 0 spiro atoms. The Morgan fingerprint density at radius 3 is 2.49 bits per heavy atom. The number of amides is 1. The van der Waals surface area contributed by atoms with E-state index in [0.717, 1.165) is 34.7 Å². The maximum Gasteiger partial charge on any atom is 0.234 e. The Labute approximate surface area is 210 Å². The molecular formula is C27H30N6OS. The van der Waals surface area contributed by atoms with E-state index in [2.05, 4.69) is 46.2 Å². The lowest BCUT2D eigenvalue weighted by Crippen LogP contribution is -2.30. The van der Waals surface area contributed by atoms with Crippen LogP contribution in [0.15, 0.2) is 78.2 Å². The van der Waals surface area contributed by atoms with Gasteiger partial charge in [-0.1, -0.05) is 30.0 Å². The molecule has 7 nitrogen and oxygen atoms in total. The van der Waals surface area contributed by atoms with Crippen molar-refractivity contribution in [1.29, 1.82) is 0 Å². The van der Waals surface area contributed by atoms with Gasteiger partial charge in [0.2, 0.25) is 5.91 Å². The van der Waals surface area contributed by atoms with E-state index in [0.29, 0.717) is 17.0 Å². The summed E-state index contributed by atoms with van der Waals surface area (Å²) in [6, 6.07) is 20.3. The number of aromatic nitrogens is 4. The van der Waals surface area contributed by atoms with Gasteiger partial charge in [0, 0.05) is 41.9 Å². The van der Waals surface area contributed by atoms with Gasteiger partial charge in [0.05, 0.1) is 11.4 Å². The van der Waals surface area contributed by atoms with Gasteiger partial charge < -0.3 is 10.2 Å². The molecule has 1 amide bonds. The molecular weight excluding hydrogens is 456 g/mol. The minimum Gasteiger partial charge on any atom is -0.369 e. The summed E-state index contributed by atoms with van der Waals surface area (Å²) in [4.78, 5) is 19.3. The maximum absolute atomic E-state index is 12.8. The number of anilines is 2. The number of nitrogens with one attached hydrogen (secondary N) is 1. The Morgan fingerprint density at radius 2 is 1.83 bits per heavy atom. The molecule has 0 atom stereocenters. The summed E-state index contributed by atoms with van der Waals surface area (Å²) in [6.07, 6.45) is 3.50. The molecule has 0 radical (unpaired) electrons. The smallest absolute Gasteiger partial charge is 0.234 e. The summed E-state index contributed by atoms with van der Waals surface area (Å²) >= 11 is 1.36. The fraction of sp³-hybridized carbons (Fsp3) is 0.259. The number of nitrogens with zero attached hydrogens (tertiary/aromatic N) is 5. The van der Waals surface area contributed by atoms with Crippen molar-refractivity contribution in [1.82, 2.24) is 19.7 Å². The van der Waals surface area contributed by atoms with E-state index in [-0.39, 0.29) is 11.7 Å². The minimum atomic E-state index is -0.0961. The zero-order chi connectivity index (χ0) is 24.8. The summed E-state index contributed by atoms with van der Waals surface area (Å²) in [5.41, 5.74) is 4.84. The van der Waals surface area contributed by atoms with Crippen LogP contribution in [0.25, 0.3) is 17.1 Å². The summed E-state index contributed by atoms with van der Waals surface area (Å²) in [5.74, 6) is 0.809. The predicted octanol–water partition coefficient (Wildman–Crippen LogP) is 5.60. The van der Waals surface area contributed by atoms with Crippen molar-refractivity contribution in [2.24, 2.45) is 0 Å². The van der Waals surface area contributed by atoms with Gasteiger partial charge in [0.1, 0.15) is 0 Å². The van der Waals surface area contributed by atoms with E-state index in [1.54, 1.807) is 12.4 Å². The fourth-order valence-electron chi connectivity index (χ4n) is 3.99. The second-order valence-corrected chi connectivity index (χ2v) is 9.38. The highest BCUT2D eigenvalue weighted by atomic mass is 32.2. The predicted molar refractivity (Wildman–Crippen MR) is 143 cm³/mol. The highest BCUT2D eigenvalue weighted by molar-refractivity contribution is 7.99. The van der Waals surface area contributed by atoms with Crippen molar-refractivity contribution in [2.45, 2.75) is 38.9 Å². The van der Waals surface area contributed by atoms with Crippen molar-refractivity contribution >= 4 is 29.0 Å². The summed E-state index contributed by atoms with van der Waals surface area (Å²) < 4.78 is 1.99. The van der Waals surface area contributed by atoms with Crippen molar-refractivity contribution in [3.63, 3.8) is 0 Å². The largest absolute Gasteiger partial charge is 0.369 e. The molecule has 35 heavy (non-hydrogen) atoms. The molecule has 0 aliphatic rings. The second-order valence-electron chi connectivity index (χ2n) is 8.43. The molecule has 8 heteroatoms. The Kier molecular flexibility index (Phi) is 7.82. The van der Waals surface area contributed by atoms with Gasteiger partial charge in [0.25, 0.3) is 0 Å². The third kappa shape index (κ3) is 5.71. The summed E-state index contributed by atoms with van der Waals surface area (Å²) in [5, 5.41) is 12.5. The van der Waals surface area contributed by atoms with Gasteiger partial charge in [0.15, 0.2) is 11.0 Å². The Bertz CT molecular complexity index is 1270. The van der Waals surface area contributed by atoms with Gasteiger partial charge in [-0.05, 0) is 75.7 Å². The molecule has 2 heterocycles. The van der Waals surface area contributed by atoms with Crippen LogP contribution in [0.3, 0.4) is 0 Å². The number of carbonyl (C=O) groups is 1. The van der Waals surface area contributed by atoms with Crippen LogP contribution in [-0.4, -0.2) is 44.0 Å². The van der Waals surface area contributed by atoms with E-state index in [9.17, 15) is 4.79 Å². The zero-order valence-corrected chi connectivity index (χ0v) is 21.3. The first kappa shape index (κ1) is 24.5. The number of para-hydroxylation sites is 1. The molecule has 0 unspecified atom stereocenters. The maximum atomic E-state index is 12.8. The van der Waals surface area contributed by atoms with E-state index < -0.39 is 0 Å². The highest BCUT2D eigenvalue weighted by Crippen LogP contribution is 2.29. The van der Waals surface area contributed by atoms with E-state index >= 15 is 0 Å². The molecule has 0 bridgehead atoms. The van der Waals surface area contributed by atoms with Crippen molar-refractivity contribution in [2.75, 3.05) is 22.5 Å². The highest BCUT2D eigenvalue weighted by Gasteiger charge is 2.18. The monoisotopic (exact) mass is 486 g/mol. The number of pyridine rings is 1. The van der Waals surface area contributed by atoms with Gasteiger partial charge in [-0.3, -0.25) is 14.3 Å². The third-order valence-corrected chi connectivity index (χ3v) is 6.62. The lowest BCUT2D eigenvalue weighted by molar-refractivity contribution is -0.113. The van der Waals surface area contributed by atoms with Crippen LogP contribution in [0.1, 0.15) is 26.3 Å². The van der Waals surface area contributed by atoms with E-state index in [1.807, 2.05) is 72.2 Å².